The second kappa shape index (κ2) is 4.67. The van der Waals surface area contributed by atoms with Crippen LogP contribution < -0.4 is 5.73 Å². The third-order valence-corrected chi connectivity index (χ3v) is 4.45. The van der Waals surface area contributed by atoms with Crippen LogP contribution in [0.5, 0.6) is 0 Å². The fraction of sp³-hybridized carbons (Fsp3) is 1.00. The molecule has 2 nitrogen and oxygen atoms in total. The van der Waals surface area contributed by atoms with Crippen molar-refractivity contribution in [3.63, 3.8) is 0 Å². The van der Waals surface area contributed by atoms with E-state index >= 15 is 0 Å². The van der Waals surface area contributed by atoms with Gasteiger partial charge in [0, 0.05) is 24.1 Å². The van der Waals surface area contributed by atoms with E-state index < -0.39 is 0 Å². The van der Waals surface area contributed by atoms with E-state index in [4.69, 9.17) is 5.73 Å². The molecule has 2 aliphatic rings. The molecule has 0 saturated carbocycles. The highest BCUT2D eigenvalue weighted by molar-refractivity contribution is 7.99. The van der Waals surface area contributed by atoms with Gasteiger partial charge in [-0.15, -0.1) is 0 Å². The molecule has 0 aliphatic carbocycles. The number of rotatable bonds is 2. The Morgan fingerprint density at radius 3 is 3.15 bits per heavy atom. The molecule has 0 aromatic rings. The standard InChI is InChI=1S/C10H20N2S/c11-3-1-9-2-4-12-5-6-13-8-10(12)7-9/h9-10H,1-8,11H2. The smallest absolute Gasteiger partial charge is 0.0189 e. The van der Waals surface area contributed by atoms with Crippen LogP contribution in [0.3, 0.4) is 0 Å². The summed E-state index contributed by atoms with van der Waals surface area (Å²) in [5.41, 5.74) is 5.61. The largest absolute Gasteiger partial charge is 0.330 e. The molecule has 3 heteroatoms. The summed E-state index contributed by atoms with van der Waals surface area (Å²) in [6.45, 7) is 3.53. The van der Waals surface area contributed by atoms with Gasteiger partial charge < -0.3 is 5.73 Å². The average molecular weight is 200 g/mol. The molecule has 0 amide bonds. The molecule has 2 fully saturated rings. The van der Waals surface area contributed by atoms with Crippen molar-refractivity contribution in [1.29, 1.82) is 0 Å². The number of hydrogen-bond donors (Lipinski definition) is 1. The number of fused-ring (bicyclic) bond motifs is 1. The molecule has 13 heavy (non-hydrogen) atoms. The van der Waals surface area contributed by atoms with Crippen LogP contribution >= 0.6 is 11.8 Å². The Labute approximate surface area is 85.2 Å². The molecule has 76 valence electrons. The van der Waals surface area contributed by atoms with Crippen molar-refractivity contribution in [2.45, 2.75) is 25.3 Å². The lowest BCUT2D eigenvalue weighted by molar-refractivity contribution is 0.126. The van der Waals surface area contributed by atoms with E-state index in [1.54, 1.807) is 0 Å². The Balaban J connectivity index is 1.84. The van der Waals surface area contributed by atoms with Crippen LogP contribution in [0, 0.1) is 5.92 Å². The van der Waals surface area contributed by atoms with E-state index in [2.05, 4.69) is 16.7 Å². The Kier molecular flexibility index (Phi) is 3.52. The van der Waals surface area contributed by atoms with Gasteiger partial charge in [0.15, 0.2) is 0 Å². The van der Waals surface area contributed by atoms with Crippen molar-refractivity contribution in [3.8, 4) is 0 Å². The van der Waals surface area contributed by atoms with Crippen molar-refractivity contribution in [2.24, 2.45) is 11.7 Å². The maximum absolute atomic E-state index is 5.61. The summed E-state index contributed by atoms with van der Waals surface area (Å²) < 4.78 is 0. The predicted octanol–water partition coefficient (Wildman–Crippen LogP) is 1.16. The molecule has 0 spiro atoms. The molecule has 2 aliphatic heterocycles. The molecule has 2 atom stereocenters. The summed E-state index contributed by atoms with van der Waals surface area (Å²) >= 11 is 2.13. The van der Waals surface area contributed by atoms with Gasteiger partial charge in [-0.3, -0.25) is 4.90 Å². The van der Waals surface area contributed by atoms with Crippen LogP contribution in [-0.2, 0) is 0 Å². The van der Waals surface area contributed by atoms with Crippen LogP contribution in [0.4, 0.5) is 0 Å². The van der Waals surface area contributed by atoms with E-state index in [1.165, 1.54) is 43.9 Å². The first kappa shape index (κ1) is 9.81. The Hall–Kier alpha value is 0.270. The molecule has 2 unspecified atom stereocenters. The zero-order valence-electron chi connectivity index (χ0n) is 8.24. The van der Waals surface area contributed by atoms with Gasteiger partial charge in [0.2, 0.25) is 0 Å². The fourth-order valence-electron chi connectivity index (χ4n) is 2.55. The maximum atomic E-state index is 5.61. The number of thioether (sulfide) groups is 1. The first-order chi connectivity index (χ1) is 6.40. The minimum atomic E-state index is 0.879. The van der Waals surface area contributed by atoms with Gasteiger partial charge in [-0.25, -0.2) is 0 Å². The summed E-state index contributed by atoms with van der Waals surface area (Å²) in [6.07, 6.45) is 4.04. The highest BCUT2D eigenvalue weighted by Crippen LogP contribution is 2.29. The number of piperidine rings is 1. The van der Waals surface area contributed by atoms with Gasteiger partial charge in [-0.2, -0.15) is 11.8 Å². The van der Waals surface area contributed by atoms with Crippen LogP contribution in [0.15, 0.2) is 0 Å². The predicted molar refractivity (Wildman–Crippen MR) is 59.1 cm³/mol. The Bertz CT molecular complexity index is 163. The Morgan fingerprint density at radius 1 is 1.38 bits per heavy atom. The highest BCUT2D eigenvalue weighted by Gasteiger charge is 2.29. The SMILES string of the molecule is NCCC1CCN2CCSCC2C1. The van der Waals surface area contributed by atoms with Crippen LogP contribution in [0.25, 0.3) is 0 Å². The molecule has 0 bridgehead atoms. The molecular formula is C10H20N2S. The summed E-state index contributed by atoms with van der Waals surface area (Å²) in [7, 11) is 0. The molecule has 2 rings (SSSR count). The van der Waals surface area contributed by atoms with Crippen molar-refractivity contribution in [1.82, 2.24) is 4.90 Å². The first-order valence-corrected chi connectivity index (χ1v) is 6.57. The average Bonchev–Trinajstić information content (AvgIpc) is 2.18. The molecule has 2 saturated heterocycles. The van der Waals surface area contributed by atoms with Gasteiger partial charge in [-0.1, -0.05) is 0 Å². The van der Waals surface area contributed by atoms with Gasteiger partial charge in [-0.05, 0) is 38.3 Å². The molecule has 0 aromatic heterocycles. The lowest BCUT2D eigenvalue weighted by atomic mass is 9.89. The van der Waals surface area contributed by atoms with Crippen molar-refractivity contribution >= 4 is 11.8 Å². The van der Waals surface area contributed by atoms with Gasteiger partial charge in [0.05, 0.1) is 0 Å². The molecule has 0 radical (unpaired) electrons. The topological polar surface area (TPSA) is 29.3 Å². The lowest BCUT2D eigenvalue weighted by Gasteiger charge is -2.42. The quantitative estimate of drug-likeness (QED) is 0.725. The monoisotopic (exact) mass is 200 g/mol. The second-order valence-electron chi connectivity index (χ2n) is 4.23. The number of nitrogens with two attached hydrogens (primary N) is 1. The van der Waals surface area contributed by atoms with Gasteiger partial charge in [0.25, 0.3) is 0 Å². The third-order valence-electron chi connectivity index (χ3n) is 3.35. The molecule has 2 heterocycles. The van der Waals surface area contributed by atoms with E-state index in [1.807, 2.05) is 0 Å². The number of hydrogen-bond acceptors (Lipinski definition) is 3. The highest BCUT2D eigenvalue weighted by atomic mass is 32.2. The number of nitrogens with zero attached hydrogens (tertiary/aromatic N) is 1. The molecule has 0 aromatic carbocycles. The normalized spacial score (nSPS) is 35.8. The summed E-state index contributed by atoms with van der Waals surface area (Å²) in [4.78, 5) is 2.68. The lowest BCUT2D eigenvalue weighted by Crippen LogP contribution is -2.47. The second-order valence-corrected chi connectivity index (χ2v) is 5.38. The summed E-state index contributed by atoms with van der Waals surface area (Å²) in [6, 6.07) is 0.879. The zero-order valence-corrected chi connectivity index (χ0v) is 9.06. The fourth-order valence-corrected chi connectivity index (χ4v) is 3.70. The van der Waals surface area contributed by atoms with Crippen LogP contribution in [0.1, 0.15) is 19.3 Å². The molecule has 2 N–H and O–H groups in total. The van der Waals surface area contributed by atoms with E-state index in [0.29, 0.717) is 0 Å². The van der Waals surface area contributed by atoms with Gasteiger partial charge >= 0.3 is 0 Å². The van der Waals surface area contributed by atoms with Gasteiger partial charge in [0.1, 0.15) is 0 Å². The van der Waals surface area contributed by atoms with Crippen LogP contribution in [-0.4, -0.2) is 42.1 Å². The van der Waals surface area contributed by atoms with Crippen molar-refractivity contribution < 1.29 is 0 Å². The third kappa shape index (κ3) is 2.39. The first-order valence-electron chi connectivity index (χ1n) is 5.42. The minimum Gasteiger partial charge on any atom is -0.330 e. The zero-order chi connectivity index (χ0) is 9.10. The minimum absolute atomic E-state index is 0.879. The van der Waals surface area contributed by atoms with E-state index in [0.717, 1.165) is 18.5 Å². The van der Waals surface area contributed by atoms with Crippen molar-refractivity contribution in [2.75, 3.05) is 31.1 Å². The van der Waals surface area contributed by atoms with E-state index in [-0.39, 0.29) is 0 Å². The van der Waals surface area contributed by atoms with Crippen molar-refractivity contribution in [3.05, 3.63) is 0 Å². The maximum Gasteiger partial charge on any atom is 0.0189 e. The molecular weight excluding hydrogens is 180 g/mol. The van der Waals surface area contributed by atoms with Crippen LogP contribution in [0.2, 0.25) is 0 Å². The summed E-state index contributed by atoms with van der Waals surface area (Å²) in [5.74, 6) is 3.63. The Morgan fingerprint density at radius 2 is 2.31 bits per heavy atom. The summed E-state index contributed by atoms with van der Waals surface area (Å²) in [5, 5.41) is 0. The van der Waals surface area contributed by atoms with E-state index in [9.17, 15) is 0 Å².